The van der Waals surface area contributed by atoms with Crippen LogP contribution in [0.5, 0.6) is 0 Å². The molecular formula is C14H11BrCl2N2O. The molecule has 0 aliphatic rings. The van der Waals surface area contributed by atoms with E-state index in [-0.39, 0.29) is 12.5 Å². The van der Waals surface area contributed by atoms with E-state index in [4.69, 9.17) is 23.2 Å². The van der Waals surface area contributed by atoms with Crippen molar-refractivity contribution in [1.29, 1.82) is 0 Å². The van der Waals surface area contributed by atoms with Crippen LogP contribution in [0.4, 0.5) is 11.4 Å². The van der Waals surface area contributed by atoms with Gasteiger partial charge in [-0.05, 0) is 46.3 Å². The van der Waals surface area contributed by atoms with Crippen molar-refractivity contribution in [3.8, 4) is 0 Å². The number of halogens is 3. The van der Waals surface area contributed by atoms with E-state index in [0.717, 1.165) is 15.8 Å². The quantitative estimate of drug-likeness (QED) is 0.807. The Morgan fingerprint density at radius 3 is 2.55 bits per heavy atom. The van der Waals surface area contributed by atoms with Gasteiger partial charge < -0.3 is 10.6 Å². The van der Waals surface area contributed by atoms with Gasteiger partial charge in [0.25, 0.3) is 0 Å². The van der Waals surface area contributed by atoms with E-state index in [2.05, 4.69) is 26.6 Å². The number of hydrogen-bond donors (Lipinski definition) is 2. The first-order valence-corrected chi connectivity index (χ1v) is 7.34. The number of nitrogens with one attached hydrogen (secondary N) is 2. The first-order valence-electron chi connectivity index (χ1n) is 5.79. The largest absolute Gasteiger partial charge is 0.376 e. The van der Waals surface area contributed by atoms with Gasteiger partial charge in [-0.1, -0.05) is 35.3 Å². The van der Waals surface area contributed by atoms with E-state index in [1.165, 1.54) is 0 Å². The summed E-state index contributed by atoms with van der Waals surface area (Å²) in [6.07, 6.45) is 0. The number of carbonyl (C=O) groups is 1. The molecule has 1 amide bonds. The lowest BCUT2D eigenvalue weighted by Gasteiger charge is -2.09. The van der Waals surface area contributed by atoms with Crippen LogP contribution in [0.25, 0.3) is 0 Å². The fourth-order valence-corrected chi connectivity index (χ4v) is 2.23. The van der Waals surface area contributed by atoms with Crippen molar-refractivity contribution in [2.45, 2.75) is 0 Å². The summed E-state index contributed by atoms with van der Waals surface area (Å²) in [5.74, 6) is -0.150. The Morgan fingerprint density at radius 2 is 1.85 bits per heavy atom. The SMILES string of the molecule is O=C(CNc1ccc(Cl)c(Cl)c1)Nc1ccccc1Br. The van der Waals surface area contributed by atoms with Gasteiger partial charge in [0.1, 0.15) is 0 Å². The van der Waals surface area contributed by atoms with E-state index in [1.54, 1.807) is 18.2 Å². The van der Waals surface area contributed by atoms with Crippen LogP contribution in [0.2, 0.25) is 10.0 Å². The minimum absolute atomic E-state index is 0.138. The summed E-state index contributed by atoms with van der Waals surface area (Å²) in [6, 6.07) is 12.5. The molecule has 0 radical (unpaired) electrons. The highest BCUT2D eigenvalue weighted by Gasteiger charge is 2.05. The van der Waals surface area contributed by atoms with Gasteiger partial charge in [0.05, 0.1) is 22.3 Å². The Kier molecular flexibility index (Phi) is 5.29. The van der Waals surface area contributed by atoms with Gasteiger partial charge in [-0.25, -0.2) is 0 Å². The first-order chi connectivity index (χ1) is 9.56. The van der Waals surface area contributed by atoms with Gasteiger partial charge >= 0.3 is 0 Å². The van der Waals surface area contributed by atoms with Crippen LogP contribution in [0, 0.1) is 0 Å². The Balaban J connectivity index is 1.92. The van der Waals surface area contributed by atoms with Crippen LogP contribution >= 0.6 is 39.1 Å². The Morgan fingerprint density at radius 1 is 1.10 bits per heavy atom. The fourth-order valence-electron chi connectivity index (χ4n) is 1.55. The topological polar surface area (TPSA) is 41.1 Å². The lowest BCUT2D eigenvalue weighted by atomic mass is 10.3. The van der Waals surface area contributed by atoms with Crippen molar-refractivity contribution in [1.82, 2.24) is 0 Å². The standard InChI is InChI=1S/C14H11BrCl2N2O/c15-10-3-1-2-4-13(10)19-14(20)8-18-9-5-6-11(16)12(17)7-9/h1-7,18H,8H2,(H,19,20). The molecule has 104 valence electrons. The molecule has 2 aromatic carbocycles. The number of carbonyl (C=O) groups excluding carboxylic acids is 1. The molecule has 2 N–H and O–H groups in total. The normalized spacial score (nSPS) is 10.2. The zero-order valence-electron chi connectivity index (χ0n) is 10.3. The highest BCUT2D eigenvalue weighted by molar-refractivity contribution is 9.10. The third-order valence-corrected chi connectivity index (χ3v) is 3.95. The van der Waals surface area contributed by atoms with E-state index < -0.39 is 0 Å². The lowest BCUT2D eigenvalue weighted by Crippen LogP contribution is -2.21. The monoisotopic (exact) mass is 372 g/mol. The molecular weight excluding hydrogens is 363 g/mol. The number of rotatable bonds is 4. The average Bonchev–Trinajstić information content (AvgIpc) is 2.43. The molecule has 0 saturated heterocycles. The van der Waals surface area contributed by atoms with Crippen molar-refractivity contribution >= 4 is 56.4 Å². The van der Waals surface area contributed by atoms with Gasteiger partial charge in [0, 0.05) is 10.2 Å². The molecule has 0 heterocycles. The molecule has 0 unspecified atom stereocenters. The van der Waals surface area contributed by atoms with E-state index >= 15 is 0 Å². The maximum atomic E-state index is 11.8. The highest BCUT2D eigenvalue weighted by atomic mass is 79.9. The molecule has 6 heteroatoms. The minimum atomic E-state index is -0.150. The highest BCUT2D eigenvalue weighted by Crippen LogP contribution is 2.25. The summed E-state index contributed by atoms with van der Waals surface area (Å²) >= 11 is 15.1. The van der Waals surface area contributed by atoms with Crippen LogP contribution in [-0.4, -0.2) is 12.5 Å². The second-order valence-electron chi connectivity index (χ2n) is 4.01. The molecule has 0 aromatic heterocycles. The summed E-state index contributed by atoms with van der Waals surface area (Å²) in [6.45, 7) is 0.138. The molecule has 20 heavy (non-hydrogen) atoms. The molecule has 0 saturated carbocycles. The van der Waals surface area contributed by atoms with E-state index in [0.29, 0.717) is 10.0 Å². The predicted molar refractivity (Wildman–Crippen MR) is 87.7 cm³/mol. The van der Waals surface area contributed by atoms with Gasteiger partial charge in [-0.3, -0.25) is 4.79 Å². The van der Waals surface area contributed by atoms with E-state index in [1.807, 2.05) is 24.3 Å². The lowest BCUT2D eigenvalue weighted by molar-refractivity contribution is -0.114. The van der Waals surface area contributed by atoms with Crippen LogP contribution < -0.4 is 10.6 Å². The maximum Gasteiger partial charge on any atom is 0.243 e. The molecule has 2 rings (SSSR count). The number of anilines is 2. The number of hydrogen-bond acceptors (Lipinski definition) is 2. The zero-order valence-corrected chi connectivity index (χ0v) is 13.4. The van der Waals surface area contributed by atoms with Crippen LogP contribution in [-0.2, 0) is 4.79 Å². The Labute approximate surface area is 135 Å². The summed E-state index contributed by atoms with van der Waals surface area (Å²) in [7, 11) is 0. The summed E-state index contributed by atoms with van der Waals surface area (Å²) < 4.78 is 0.836. The maximum absolute atomic E-state index is 11.8. The van der Waals surface area contributed by atoms with Crippen molar-refractivity contribution in [3.05, 3.63) is 57.0 Å². The summed E-state index contributed by atoms with van der Waals surface area (Å²) in [5, 5.41) is 6.71. The van der Waals surface area contributed by atoms with Crippen LogP contribution in [0.3, 0.4) is 0 Å². The molecule has 0 aliphatic heterocycles. The van der Waals surface area contributed by atoms with Crippen LogP contribution in [0.15, 0.2) is 46.9 Å². The van der Waals surface area contributed by atoms with Crippen molar-refractivity contribution in [2.24, 2.45) is 0 Å². The second kappa shape index (κ2) is 6.97. The number of benzene rings is 2. The fraction of sp³-hybridized carbons (Fsp3) is 0.0714. The van der Waals surface area contributed by atoms with Crippen LogP contribution in [0.1, 0.15) is 0 Å². The predicted octanol–water partition coefficient (Wildman–Crippen LogP) is 4.81. The number of para-hydroxylation sites is 1. The molecule has 0 atom stereocenters. The van der Waals surface area contributed by atoms with Crippen molar-refractivity contribution in [3.63, 3.8) is 0 Å². The Bertz CT molecular complexity index is 634. The number of amides is 1. The molecule has 0 bridgehead atoms. The van der Waals surface area contributed by atoms with Gasteiger partial charge in [0.15, 0.2) is 0 Å². The van der Waals surface area contributed by atoms with Gasteiger partial charge in [0.2, 0.25) is 5.91 Å². The smallest absolute Gasteiger partial charge is 0.243 e. The second-order valence-corrected chi connectivity index (χ2v) is 5.68. The minimum Gasteiger partial charge on any atom is -0.376 e. The van der Waals surface area contributed by atoms with Gasteiger partial charge in [-0.2, -0.15) is 0 Å². The molecule has 0 spiro atoms. The first kappa shape index (κ1) is 15.2. The third-order valence-electron chi connectivity index (χ3n) is 2.52. The average molecular weight is 374 g/mol. The molecule has 0 aliphatic carbocycles. The summed E-state index contributed by atoms with van der Waals surface area (Å²) in [4.78, 5) is 11.8. The molecule has 3 nitrogen and oxygen atoms in total. The summed E-state index contributed by atoms with van der Waals surface area (Å²) in [5.41, 5.74) is 1.47. The van der Waals surface area contributed by atoms with Crippen molar-refractivity contribution in [2.75, 3.05) is 17.2 Å². The van der Waals surface area contributed by atoms with Crippen molar-refractivity contribution < 1.29 is 4.79 Å². The zero-order chi connectivity index (χ0) is 14.5. The molecule has 0 fully saturated rings. The molecule has 2 aromatic rings. The Hall–Kier alpha value is -1.23. The third kappa shape index (κ3) is 4.13. The van der Waals surface area contributed by atoms with E-state index in [9.17, 15) is 4.79 Å². The van der Waals surface area contributed by atoms with Gasteiger partial charge in [-0.15, -0.1) is 0 Å².